The molecule has 2 heterocycles. The zero-order valence-electron chi connectivity index (χ0n) is 10.8. The van der Waals surface area contributed by atoms with E-state index >= 15 is 0 Å². The zero-order chi connectivity index (χ0) is 13.1. The van der Waals surface area contributed by atoms with Crippen LogP contribution < -0.4 is 5.73 Å². The summed E-state index contributed by atoms with van der Waals surface area (Å²) in [6, 6.07) is 0. The van der Waals surface area contributed by atoms with E-state index < -0.39 is 0 Å². The molecule has 0 saturated carbocycles. The number of anilines is 1. The van der Waals surface area contributed by atoms with Crippen LogP contribution in [0.4, 0.5) is 5.13 Å². The zero-order valence-corrected chi connectivity index (χ0v) is 11.6. The predicted molar refractivity (Wildman–Crippen MR) is 71.8 cm³/mol. The minimum atomic E-state index is 0.0136. The van der Waals surface area contributed by atoms with E-state index in [1.54, 1.807) is 0 Å². The standard InChI is InChI=1S/C12H19N3O2S/c1-3-15(7-9-5-4-6-17-9)11(16)10-8(2)14-12(13)18-10/h9H,3-7H2,1-2H3,(H2,13,14). The van der Waals surface area contributed by atoms with Crippen molar-refractivity contribution in [3.63, 3.8) is 0 Å². The van der Waals surface area contributed by atoms with Gasteiger partial charge in [0.1, 0.15) is 4.88 Å². The van der Waals surface area contributed by atoms with Crippen LogP contribution in [0.1, 0.15) is 35.1 Å². The highest BCUT2D eigenvalue weighted by Gasteiger charge is 2.24. The molecule has 1 aliphatic heterocycles. The van der Waals surface area contributed by atoms with Gasteiger partial charge in [0, 0.05) is 19.7 Å². The largest absolute Gasteiger partial charge is 0.376 e. The van der Waals surface area contributed by atoms with Gasteiger partial charge in [-0.25, -0.2) is 4.98 Å². The summed E-state index contributed by atoms with van der Waals surface area (Å²) in [7, 11) is 0. The van der Waals surface area contributed by atoms with Crippen molar-refractivity contribution in [3.8, 4) is 0 Å². The van der Waals surface area contributed by atoms with Gasteiger partial charge in [0.25, 0.3) is 5.91 Å². The first-order chi connectivity index (χ1) is 8.61. The lowest BCUT2D eigenvalue weighted by Gasteiger charge is -2.23. The molecule has 18 heavy (non-hydrogen) atoms. The second-order valence-corrected chi connectivity index (χ2v) is 5.48. The van der Waals surface area contributed by atoms with Crippen LogP contribution in [0.3, 0.4) is 0 Å². The Morgan fingerprint density at radius 2 is 2.44 bits per heavy atom. The molecule has 1 amide bonds. The summed E-state index contributed by atoms with van der Waals surface area (Å²) >= 11 is 1.26. The van der Waals surface area contributed by atoms with Crippen LogP contribution in [0.15, 0.2) is 0 Å². The highest BCUT2D eigenvalue weighted by atomic mass is 32.1. The Morgan fingerprint density at radius 3 is 2.94 bits per heavy atom. The number of ether oxygens (including phenoxy) is 1. The molecule has 1 aromatic rings. The molecular weight excluding hydrogens is 250 g/mol. The molecule has 1 aromatic heterocycles. The minimum Gasteiger partial charge on any atom is -0.376 e. The van der Waals surface area contributed by atoms with E-state index in [0.717, 1.165) is 19.4 Å². The van der Waals surface area contributed by atoms with E-state index in [1.165, 1.54) is 11.3 Å². The van der Waals surface area contributed by atoms with Gasteiger partial charge in [-0.05, 0) is 26.7 Å². The summed E-state index contributed by atoms with van der Waals surface area (Å²) in [6.45, 7) is 5.94. The van der Waals surface area contributed by atoms with E-state index in [1.807, 2.05) is 18.7 Å². The fourth-order valence-electron chi connectivity index (χ4n) is 2.15. The van der Waals surface area contributed by atoms with Crippen molar-refractivity contribution in [2.75, 3.05) is 25.4 Å². The Labute approximate surface area is 111 Å². The molecule has 2 N–H and O–H groups in total. The van der Waals surface area contributed by atoms with Gasteiger partial charge in [-0.3, -0.25) is 4.79 Å². The summed E-state index contributed by atoms with van der Waals surface area (Å²) in [5.74, 6) is 0.0136. The van der Waals surface area contributed by atoms with E-state index in [4.69, 9.17) is 10.5 Å². The number of aryl methyl sites for hydroxylation is 1. The lowest BCUT2D eigenvalue weighted by atomic mass is 10.2. The summed E-state index contributed by atoms with van der Waals surface area (Å²) in [5.41, 5.74) is 6.35. The smallest absolute Gasteiger partial charge is 0.266 e. The van der Waals surface area contributed by atoms with E-state index in [2.05, 4.69) is 4.98 Å². The van der Waals surface area contributed by atoms with Crippen molar-refractivity contribution in [1.29, 1.82) is 0 Å². The molecule has 100 valence electrons. The third-order valence-electron chi connectivity index (χ3n) is 3.12. The molecule has 0 bridgehead atoms. The number of amides is 1. The number of rotatable bonds is 4. The molecule has 1 unspecified atom stereocenters. The summed E-state index contributed by atoms with van der Waals surface area (Å²) in [5, 5.41) is 0.448. The molecule has 6 heteroatoms. The number of thiazole rings is 1. The van der Waals surface area contributed by atoms with Gasteiger partial charge in [0.05, 0.1) is 11.8 Å². The first kappa shape index (κ1) is 13.3. The lowest BCUT2D eigenvalue weighted by molar-refractivity contribution is 0.0542. The SMILES string of the molecule is CCN(CC1CCCO1)C(=O)c1sc(N)nc1C. The number of hydrogen-bond donors (Lipinski definition) is 1. The summed E-state index contributed by atoms with van der Waals surface area (Å²) in [6.07, 6.45) is 2.30. The predicted octanol–water partition coefficient (Wildman–Crippen LogP) is 1.67. The maximum atomic E-state index is 12.4. The van der Waals surface area contributed by atoms with Crippen LogP contribution >= 0.6 is 11.3 Å². The quantitative estimate of drug-likeness (QED) is 0.903. The van der Waals surface area contributed by atoms with Crippen molar-refractivity contribution in [2.45, 2.75) is 32.8 Å². The molecule has 1 aliphatic rings. The number of likely N-dealkylation sites (N-methyl/N-ethyl adjacent to an activating group) is 1. The molecule has 0 radical (unpaired) electrons. The Kier molecular flexibility index (Phi) is 4.19. The third kappa shape index (κ3) is 2.81. The van der Waals surface area contributed by atoms with Crippen LogP contribution in [0.5, 0.6) is 0 Å². The Balaban J connectivity index is 2.07. The van der Waals surface area contributed by atoms with Gasteiger partial charge in [-0.2, -0.15) is 0 Å². The second kappa shape index (κ2) is 5.67. The molecule has 1 saturated heterocycles. The molecule has 0 aliphatic carbocycles. The van der Waals surface area contributed by atoms with Gasteiger partial charge in [-0.15, -0.1) is 0 Å². The summed E-state index contributed by atoms with van der Waals surface area (Å²) in [4.78, 5) is 18.9. The molecule has 5 nitrogen and oxygen atoms in total. The fourth-order valence-corrected chi connectivity index (χ4v) is 2.95. The van der Waals surface area contributed by atoms with Gasteiger partial charge in [0.15, 0.2) is 5.13 Å². The van der Waals surface area contributed by atoms with E-state index in [9.17, 15) is 4.79 Å². The molecule has 2 rings (SSSR count). The van der Waals surface area contributed by atoms with Crippen LogP contribution in [0.25, 0.3) is 0 Å². The van der Waals surface area contributed by atoms with Crippen molar-refractivity contribution >= 4 is 22.4 Å². The minimum absolute atomic E-state index is 0.0136. The first-order valence-electron chi connectivity index (χ1n) is 6.25. The fraction of sp³-hybridized carbons (Fsp3) is 0.667. The van der Waals surface area contributed by atoms with Crippen molar-refractivity contribution in [3.05, 3.63) is 10.6 Å². The molecular formula is C12H19N3O2S. The van der Waals surface area contributed by atoms with Crippen LogP contribution in [0.2, 0.25) is 0 Å². The Bertz CT molecular complexity index is 427. The number of nitrogen functional groups attached to an aromatic ring is 1. The Hall–Kier alpha value is -1.14. The average Bonchev–Trinajstić information content (AvgIpc) is 2.95. The van der Waals surface area contributed by atoms with Gasteiger partial charge in [-0.1, -0.05) is 11.3 Å². The third-order valence-corrected chi connectivity index (χ3v) is 4.10. The number of nitrogens with two attached hydrogens (primary N) is 1. The van der Waals surface area contributed by atoms with Gasteiger partial charge >= 0.3 is 0 Å². The van der Waals surface area contributed by atoms with Crippen LogP contribution in [0, 0.1) is 6.92 Å². The van der Waals surface area contributed by atoms with Gasteiger partial charge < -0.3 is 15.4 Å². The number of hydrogen-bond acceptors (Lipinski definition) is 5. The van der Waals surface area contributed by atoms with Crippen LogP contribution in [-0.2, 0) is 4.74 Å². The molecule has 0 spiro atoms. The Morgan fingerprint density at radius 1 is 1.67 bits per heavy atom. The van der Waals surface area contributed by atoms with E-state index in [-0.39, 0.29) is 12.0 Å². The maximum Gasteiger partial charge on any atom is 0.266 e. The summed E-state index contributed by atoms with van der Waals surface area (Å²) < 4.78 is 5.58. The molecule has 0 aromatic carbocycles. The molecule has 1 atom stereocenters. The maximum absolute atomic E-state index is 12.4. The monoisotopic (exact) mass is 269 g/mol. The highest BCUT2D eigenvalue weighted by molar-refractivity contribution is 7.17. The highest BCUT2D eigenvalue weighted by Crippen LogP contribution is 2.22. The number of carbonyl (C=O) groups excluding carboxylic acids is 1. The number of carbonyl (C=O) groups is 1. The lowest BCUT2D eigenvalue weighted by Crippen LogP contribution is -2.37. The van der Waals surface area contributed by atoms with E-state index in [0.29, 0.717) is 28.8 Å². The first-order valence-corrected chi connectivity index (χ1v) is 7.07. The number of aromatic nitrogens is 1. The topological polar surface area (TPSA) is 68.5 Å². The van der Waals surface area contributed by atoms with Crippen molar-refractivity contribution < 1.29 is 9.53 Å². The van der Waals surface area contributed by atoms with Gasteiger partial charge in [0.2, 0.25) is 0 Å². The second-order valence-electron chi connectivity index (χ2n) is 4.45. The van der Waals surface area contributed by atoms with Crippen molar-refractivity contribution in [2.24, 2.45) is 0 Å². The van der Waals surface area contributed by atoms with Crippen molar-refractivity contribution in [1.82, 2.24) is 9.88 Å². The van der Waals surface area contributed by atoms with Crippen LogP contribution in [-0.4, -0.2) is 41.6 Å². The number of nitrogens with zero attached hydrogens (tertiary/aromatic N) is 2. The molecule has 1 fully saturated rings. The average molecular weight is 269 g/mol. The normalized spacial score (nSPS) is 19.1.